The normalized spacial score (nSPS) is 38.5. The maximum atomic E-state index is 10.6. The lowest BCUT2D eigenvalue weighted by molar-refractivity contribution is -0.568. The molecule has 1 fully saturated rings. The van der Waals surface area contributed by atoms with Gasteiger partial charge >= 0.3 is 14.1 Å². The molecule has 64 valence electrons. The minimum Gasteiger partial charge on any atom is -0.302 e. The van der Waals surface area contributed by atoms with Gasteiger partial charge in [-0.3, -0.25) is 14.6 Å². The summed E-state index contributed by atoms with van der Waals surface area (Å²) in [5, 5.41) is 10.0. The van der Waals surface area contributed by atoms with Crippen LogP contribution in [0.3, 0.4) is 0 Å². The van der Waals surface area contributed by atoms with Gasteiger partial charge in [-0.25, -0.2) is 9.09 Å². The van der Waals surface area contributed by atoms with Crippen molar-refractivity contribution in [2.75, 3.05) is 6.61 Å². The zero-order chi connectivity index (χ0) is 8.48. The molecule has 1 rings (SSSR count). The number of rotatable bonds is 1. The van der Waals surface area contributed by atoms with Crippen LogP contribution in [0.2, 0.25) is 0 Å². The van der Waals surface area contributed by atoms with E-state index in [1.165, 1.54) is 0 Å². The van der Waals surface area contributed by atoms with Gasteiger partial charge in [-0.15, -0.1) is 0 Å². The lowest BCUT2D eigenvalue weighted by Gasteiger charge is -2.19. The van der Waals surface area contributed by atoms with E-state index in [2.05, 4.69) is 9.05 Å². The molecular weight excluding hydrogens is 177 g/mol. The van der Waals surface area contributed by atoms with Crippen LogP contribution in [0.25, 0.3) is 0 Å². The maximum absolute atomic E-state index is 10.6. The summed E-state index contributed by atoms with van der Waals surface area (Å²) in [5.74, 6) is 0. The fourth-order valence-corrected chi connectivity index (χ4v) is 1.54. The molecule has 0 amide bonds. The first kappa shape index (κ1) is 8.61. The molecule has 1 aliphatic heterocycles. The van der Waals surface area contributed by atoms with Crippen LogP contribution in [0.15, 0.2) is 0 Å². The quantitative estimate of drug-likeness (QED) is 0.352. The second-order valence-corrected chi connectivity index (χ2v) is 3.34. The van der Waals surface area contributed by atoms with Gasteiger partial charge in [-0.1, -0.05) is 0 Å². The van der Waals surface area contributed by atoms with Crippen LogP contribution in [-0.4, -0.2) is 22.7 Å². The highest BCUT2D eigenvalue weighted by molar-refractivity contribution is 7.47. The number of phosphoric ester groups is 1. The van der Waals surface area contributed by atoms with Crippen LogP contribution < -0.4 is 0 Å². The third-order valence-corrected chi connectivity index (χ3v) is 2.13. The van der Waals surface area contributed by atoms with Crippen molar-refractivity contribution in [1.82, 2.24) is 0 Å². The number of phosphoric acid groups is 1. The summed E-state index contributed by atoms with van der Waals surface area (Å²) in [6.45, 7) is -0.126. The van der Waals surface area contributed by atoms with Gasteiger partial charge in [0.05, 0.1) is 18.0 Å². The molecule has 2 atom stereocenters. The minimum absolute atomic E-state index is 0.00243. The number of nitro groups is 1. The summed E-state index contributed by atoms with van der Waals surface area (Å²) in [5.41, 5.74) is 0. The monoisotopic (exact) mass is 183 g/mol. The first-order valence-corrected chi connectivity index (χ1v) is 4.30. The molecule has 7 nitrogen and oxygen atoms in total. The van der Waals surface area contributed by atoms with Crippen LogP contribution >= 0.6 is 7.82 Å². The summed E-state index contributed by atoms with van der Waals surface area (Å²) in [7, 11) is -4.14. The van der Waals surface area contributed by atoms with Crippen molar-refractivity contribution in [1.29, 1.82) is 0 Å². The largest absolute Gasteiger partial charge is 0.477 e. The third-order valence-electron chi connectivity index (χ3n) is 1.11. The standard InChI is InChI=1S/C3H6NO6P/c5-4(6)3-1-2-9-11(7,8)10-3/h3H,1-2H2,(H,7,8). The second kappa shape index (κ2) is 2.86. The Hall–Kier alpha value is -0.490. The zero-order valence-electron chi connectivity index (χ0n) is 5.37. The molecule has 0 radical (unpaired) electrons. The van der Waals surface area contributed by atoms with Crippen molar-refractivity contribution in [3.8, 4) is 0 Å². The van der Waals surface area contributed by atoms with E-state index in [0.29, 0.717) is 0 Å². The van der Waals surface area contributed by atoms with Crippen molar-refractivity contribution >= 4 is 7.82 Å². The Labute approximate surface area is 61.7 Å². The number of hydrogen-bond acceptors (Lipinski definition) is 5. The first-order chi connectivity index (χ1) is 5.01. The Balaban J connectivity index is 2.60. The Morgan fingerprint density at radius 2 is 2.36 bits per heavy atom. The summed E-state index contributed by atoms with van der Waals surface area (Å²) in [6.07, 6.45) is -1.42. The fraction of sp³-hybridized carbons (Fsp3) is 1.00. The molecule has 1 N–H and O–H groups in total. The summed E-state index contributed by atoms with van der Waals surface area (Å²) in [4.78, 5) is 17.9. The predicted molar refractivity (Wildman–Crippen MR) is 32.3 cm³/mol. The molecule has 11 heavy (non-hydrogen) atoms. The van der Waals surface area contributed by atoms with Gasteiger partial charge in [0.25, 0.3) is 0 Å². The van der Waals surface area contributed by atoms with Gasteiger partial charge in [0.15, 0.2) is 0 Å². The molecule has 0 spiro atoms. The van der Waals surface area contributed by atoms with E-state index in [1.54, 1.807) is 0 Å². The van der Waals surface area contributed by atoms with E-state index in [4.69, 9.17) is 4.89 Å². The molecule has 8 heteroatoms. The topological polar surface area (TPSA) is 98.9 Å². The van der Waals surface area contributed by atoms with Crippen molar-refractivity contribution in [2.45, 2.75) is 12.6 Å². The van der Waals surface area contributed by atoms with E-state index in [0.717, 1.165) is 0 Å². The average molecular weight is 183 g/mol. The lowest BCUT2D eigenvalue weighted by Crippen LogP contribution is -2.27. The maximum Gasteiger partial charge on any atom is 0.477 e. The van der Waals surface area contributed by atoms with E-state index in [9.17, 15) is 14.7 Å². The van der Waals surface area contributed by atoms with Gasteiger partial charge in [0.1, 0.15) is 0 Å². The molecule has 1 aliphatic rings. The van der Waals surface area contributed by atoms with Crippen LogP contribution in [0.1, 0.15) is 6.42 Å². The molecule has 1 saturated heterocycles. The highest BCUT2D eigenvalue weighted by Gasteiger charge is 2.38. The molecule has 0 aromatic carbocycles. The van der Waals surface area contributed by atoms with Gasteiger partial charge < -0.3 is 4.89 Å². The van der Waals surface area contributed by atoms with Gasteiger partial charge in [0.2, 0.25) is 0 Å². The van der Waals surface area contributed by atoms with Crippen molar-refractivity contribution in [3.05, 3.63) is 10.1 Å². The molecule has 2 unspecified atom stereocenters. The fourth-order valence-electron chi connectivity index (χ4n) is 0.650. The van der Waals surface area contributed by atoms with Gasteiger partial charge in [-0.2, -0.15) is 0 Å². The Morgan fingerprint density at radius 1 is 1.73 bits per heavy atom. The van der Waals surface area contributed by atoms with Crippen LogP contribution in [0.4, 0.5) is 0 Å². The van der Waals surface area contributed by atoms with E-state index in [1.807, 2.05) is 0 Å². The Morgan fingerprint density at radius 3 is 2.73 bits per heavy atom. The molecule has 0 aliphatic carbocycles. The highest BCUT2D eigenvalue weighted by Crippen LogP contribution is 2.47. The van der Waals surface area contributed by atoms with E-state index in [-0.39, 0.29) is 13.0 Å². The average Bonchev–Trinajstić information content (AvgIpc) is 1.85. The molecule has 0 saturated carbocycles. The summed E-state index contributed by atoms with van der Waals surface area (Å²) < 4.78 is 18.9. The number of hydrogen-bond donors (Lipinski definition) is 1. The third kappa shape index (κ3) is 2.23. The Bertz CT molecular complexity index is 216. The van der Waals surface area contributed by atoms with Crippen molar-refractivity contribution in [2.24, 2.45) is 0 Å². The lowest BCUT2D eigenvalue weighted by atomic mass is 10.4. The van der Waals surface area contributed by atoms with Gasteiger partial charge in [0, 0.05) is 0 Å². The number of nitrogens with zero attached hydrogens (tertiary/aromatic N) is 1. The minimum atomic E-state index is -4.14. The van der Waals surface area contributed by atoms with Crippen LogP contribution in [0, 0.1) is 10.1 Å². The highest BCUT2D eigenvalue weighted by atomic mass is 31.2. The molecule has 0 aromatic rings. The summed E-state index contributed by atoms with van der Waals surface area (Å²) >= 11 is 0. The van der Waals surface area contributed by atoms with E-state index < -0.39 is 19.0 Å². The second-order valence-electron chi connectivity index (χ2n) is 1.94. The van der Waals surface area contributed by atoms with E-state index >= 15 is 0 Å². The SMILES string of the molecule is O=[N+]([O-])C1CCOP(=O)(O)O1. The molecule has 0 aromatic heterocycles. The zero-order valence-corrected chi connectivity index (χ0v) is 6.27. The first-order valence-electron chi connectivity index (χ1n) is 2.80. The summed E-state index contributed by atoms with van der Waals surface area (Å²) in [6, 6.07) is 0. The van der Waals surface area contributed by atoms with Crippen LogP contribution in [-0.2, 0) is 13.6 Å². The predicted octanol–water partition coefficient (Wildman–Crippen LogP) is 0.126. The van der Waals surface area contributed by atoms with Crippen molar-refractivity contribution < 1.29 is 23.4 Å². The van der Waals surface area contributed by atoms with Gasteiger partial charge in [-0.05, 0) is 0 Å². The Kier molecular flexibility index (Phi) is 2.24. The molecule has 0 bridgehead atoms. The molecule has 1 heterocycles. The van der Waals surface area contributed by atoms with Crippen LogP contribution in [0.5, 0.6) is 0 Å². The smallest absolute Gasteiger partial charge is 0.302 e. The molecular formula is C3H6NO6P. The van der Waals surface area contributed by atoms with Crippen molar-refractivity contribution in [3.63, 3.8) is 0 Å².